The summed E-state index contributed by atoms with van der Waals surface area (Å²) in [5, 5.41) is 8.34. The van der Waals surface area contributed by atoms with Gasteiger partial charge in [0, 0.05) is 17.1 Å². The first kappa shape index (κ1) is 17.6. The highest BCUT2D eigenvalue weighted by Gasteiger charge is 2.23. The van der Waals surface area contributed by atoms with Gasteiger partial charge in [0.2, 0.25) is 5.96 Å². The zero-order chi connectivity index (χ0) is 18.2. The molecule has 2 heterocycles. The maximum atomic E-state index is 13.0. The van der Waals surface area contributed by atoms with Gasteiger partial charge < -0.3 is 11.5 Å². The maximum absolute atomic E-state index is 13.0. The lowest BCUT2D eigenvalue weighted by Crippen LogP contribution is -2.22. The summed E-state index contributed by atoms with van der Waals surface area (Å²) in [5.41, 5.74) is 12.3. The Bertz CT molecular complexity index is 1110. The Morgan fingerprint density at radius 2 is 1.88 bits per heavy atom. The Morgan fingerprint density at radius 3 is 2.52 bits per heavy atom. The average molecular weight is 440 g/mol. The molecule has 0 spiro atoms. The Kier molecular flexibility index (Phi) is 4.67. The Morgan fingerprint density at radius 1 is 1.16 bits per heavy atom. The lowest BCUT2D eigenvalue weighted by atomic mass is 10.1. The number of para-hydroxylation sites is 1. The van der Waals surface area contributed by atoms with Gasteiger partial charge >= 0.3 is 0 Å². The van der Waals surface area contributed by atoms with Gasteiger partial charge in [0.1, 0.15) is 4.21 Å². The molecule has 0 atom stereocenters. The molecule has 0 radical (unpaired) electrons. The third kappa shape index (κ3) is 3.32. The summed E-state index contributed by atoms with van der Waals surface area (Å²) in [7, 11) is -3.72. The van der Waals surface area contributed by atoms with Crippen molar-refractivity contribution in [3.05, 3.63) is 51.9 Å². The van der Waals surface area contributed by atoms with Crippen molar-refractivity contribution in [3.8, 4) is 0 Å². The second-order valence-corrected chi connectivity index (χ2v) is 9.63. The lowest BCUT2D eigenvalue weighted by molar-refractivity contribution is 0.591. The minimum atomic E-state index is -3.72. The molecule has 130 valence electrons. The van der Waals surface area contributed by atoms with Crippen LogP contribution in [0.5, 0.6) is 0 Å². The van der Waals surface area contributed by atoms with Crippen molar-refractivity contribution in [2.75, 3.05) is 0 Å². The number of benzene rings is 1. The number of nitrogens with two attached hydrogens (primary N) is 2. The van der Waals surface area contributed by atoms with Gasteiger partial charge in [0.05, 0.1) is 15.0 Å². The molecule has 10 heteroatoms. The van der Waals surface area contributed by atoms with Crippen LogP contribution in [-0.2, 0) is 10.0 Å². The van der Waals surface area contributed by atoms with Gasteiger partial charge in [0.15, 0.2) is 0 Å². The molecule has 0 bridgehead atoms. The van der Waals surface area contributed by atoms with Crippen molar-refractivity contribution >= 4 is 59.9 Å². The summed E-state index contributed by atoms with van der Waals surface area (Å²) in [6.45, 7) is 1.72. The highest BCUT2D eigenvalue weighted by Crippen LogP contribution is 2.31. The number of halogens is 1. The molecule has 1 aromatic carbocycles. The second kappa shape index (κ2) is 6.62. The number of hydrogen-bond acceptors (Lipinski definition) is 5. The molecule has 4 N–H and O–H groups in total. The predicted octanol–water partition coefficient (Wildman–Crippen LogP) is 2.70. The Balaban J connectivity index is 2.25. The van der Waals surface area contributed by atoms with Gasteiger partial charge in [-0.15, -0.1) is 16.4 Å². The van der Waals surface area contributed by atoms with Gasteiger partial charge in [0.25, 0.3) is 10.0 Å². The standard InChI is InChI=1S/C15H14BrN5O2S2/c1-9(19-20-15(17)18)11-8-21(12-5-3-2-4-10(11)12)25(22,23)14-7-6-13(16)24-14/h2-8H,1H3,(H4,17,18,20). The first-order valence-electron chi connectivity index (χ1n) is 7.05. The number of aromatic nitrogens is 1. The lowest BCUT2D eigenvalue weighted by Gasteiger charge is -2.04. The summed E-state index contributed by atoms with van der Waals surface area (Å²) >= 11 is 4.45. The van der Waals surface area contributed by atoms with Gasteiger partial charge in [-0.1, -0.05) is 18.2 Å². The summed E-state index contributed by atoms with van der Waals surface area (Å²) in [6, 6.07) is 10.5. The largest absolute Gasteiger partial charge is 0.369 e. The molecule has 0 aliphatic carbocycles. The van der Waals surface area contributed by atoms with E-state index in [1.165, 1.54) is 10.2 Å². The van der Waals surface area contributed by atoms with Crippen molar-refractivity contribution in [3.63, 3.8) is 0 Å². The fraction of sp³-hybridized carbons (Fsp3) is 0.0667. The van der Waals surface area contributed by atoms with E-state index in [1.54, 1.807) is 31.2 Å². The molecule has 7 nitrogen and oxygen atoms in total. The van der Waals surface area contributed by atoms with Crippen LogP contribution in [0, 0.1) is 0 Å². The quantitative estimate of drug-likeness (QED) is 0.369. The first-order chi connectivity index (χ1) is 11.8. The van der Waals surface area contributed by atoms with E-state index in [0.717, 1.165) is 20.5 Å². The van der Waals surface area contributed by atoms with Crippen LogP contribution in [-0.4, -0.2) is 24.1 Å². The average Bonchev–Trinajstić information content (AvgIpc) is 3.17. The second-order valence-electron chi connectivity index (χ2n) is 5.13. The van der Waals surface area contributed by atoms with Gasteiger partial charge in [-0.05, 0) is 41.1 Å². The van der Waals surface area contributed by atoms with E-state index in [1.807, 2.05) is 12.1 Å². The smallest absolute Gasteiger partial charge is 0.277 e. The minimum absolute atomic E-state index is 0.167. The van der Waals surface area contributed by atoms with Crippen molar-refractivity contribution in [2.24, 2.45) is 21.7 Å². The van der Waals surface area contributed by atoms with Crippen molar-refractivity contribution in [1.82, 2.24) is 3.97 Å². The van der Waals surface area contributed by atoms with Crippen LogP contribution in [0.4, 0.5) is 0 Å². The molecule has 25 heavy (non-hydrogen) atoms. The molecule has 0 saturated heterocycles. The molecule has 0 aliphatic heterocycles. The minimum Gasteiger partial charge on any atom is -0.369 e. The van der Waals surface area contributed by atoms with Crippen LogP contribution in [0.25, 0.3) is 10.9 Å². The molecule has 3 aromatic rings. The first-order valence-corrected chi connectivity index (χ1v) is 10.1. The summed E-state index contributed by atoms with van der Waals surface area (Å²) in [4.78, 5) is 0. The number of rotatable bonds is 4. The summed E-state index contributed by atoms with van der Waals surface area (Å²) in [6.07, 6.45) is 1.54. The van der Waals surface area contributed by atoms with Crippen molar-refractivity contribution in [1.29, 1.82) is 0 Å². The summed E-state index contributed by atoms with van der Waals surface area (Å²) < 4.78 is 28.3. The number of fused-ring (bicyclic) bond motifs is 1. The van der Waals surface area contributed by atoms with Crippen molar-refractivity contribution < 1.29 is 8.42 Å². The fourth-order valence-electron chi connectivity index (χ4n) is 2.36. The molecule has 0 unspecified atom stereocenters. The SMILES string of the molecule is CC(=NN=C(N)N)c1cn(S(=O)(=O)c2ccc(Br)s2)c2ccccc12. The normalized spacial score (nSPS) is 12.5. The molecule has 2 aromatic heterocycles. The maximum Gasteiger partial charge on any atom is 0.277 e. The highest BCUT2D eigenvalue weighted by atomic mass is 79.9. The van der Waals surface area contributed by atoms with Crippen LogP contribution in [0.3, 0.4) is 0 Å². The van der Waals surface area contributed by atoms with Crippen LogP contribution >= 0.6 is 27.3 Å². The van der Waals surface area contributed by atoms with Crippen LogP contribution in [0.15, 0.2) is 60.8 Å². The zero-order valence-electron chi connectivity index (χ0n) is 13.0. The zero-order valence-corrected chi connectivity index (χ0v) is 16.3. The van der Waals surface area contributed by atoms with E-state index in [9.17, 15) is 8.42 Å². The van der Waals surface area contributed by atoms with Crippen LogP contribution in [0.2, 0.25) is 0 Å². The molecular formula is C15H14BrN5O2S2. The third-order valence-electron chi connectivity index (χ3n) is 3.45. The monoisotopic (exact) mass is 439 g/mol. The van der Waals surface area contributed by atoms with Crippen molar-refractivity contribution in [2.45, 2.75) is 11.1 Å². The number of nitrogens with zero attached hydrogens (tertiary/aromatic N) is 3. The number of guanidine groups is 1. The van der Waals surface area contributed by atoms with E-state index in [-0.39, 0.29) is 10.2 Å². The molecule has 0 fully saturated rings. The van der Waals surface area contributed by atoms with E-state index >= 15 is 0 Å². The van der Waals surface area contributed by atoms with E-state index in [0.29, 0.717) is 16.8 Å². The van der Waals surface area contributed by atoms with E-state index in [2.05, 4.69) is 26.1 Å². The van der Waals surface area contributed by atoms with Gasteiger partial charge in [-0.25, -0.2) is 3.97 Å². The third-order valence-corrected chi connectivity index (χ3v) is 7.21. The topological polar surface area (TPSA) is 116 Å². The summed E-state index contributed by atoms with van der Waals surface area (Å²) in [5.74, 6) is -0.167. The Hall–Kier alpha value is -2.17. The molecule has 3 rings (SSSR count). The van der Waals surface area contributed by atoms with E-state index < -0.39 is 10.0 Å². The molecule has 0 saturated carbocycles. The fourth-order valence-corrected chi connectivity index (χ4v) is 5.83. The molecule has 0 aliphatic rings. The molecular weight excluding hydrogens is 426 g/mol. The van der Waals surface area contributed by atoms with Crippen LogP contribution in [0.1, 0.15) is 12.5 Å². The number of thiophene rings is 1. The predicted molar refractivity (Wildman–Crippen MR) is 105 cm³/mol. The van der Waals surface area contributed by atoms with Crippen LogP contribution < -0.4 is 11.5 Å². The number of hydrogen-bond donors (Lipinski definition) is 2. The van der Waals surface area contributed by atoms with E-state index in [4.69, 9.17) is 11.5 Å². The van der Waals surface area contributed by atoms with Gasteiger partial charge in [-0.3, -0.25) is 0 Å². The molecule has 0 amide bonds. The highest BCUT2D eigenvalue weighted by molar-refractivity contribution is 9.11. The van der Waals surface area contributed by atoms with Gasteiger partial charge in [-0.2, -0.15) is 13.5 Å². The Labute approximate surface area is 156 Å².